The summed E-state index contributed by atoms with van der Waals surface area (Å²) >= 11 is 0. The quantitative estimate of drug-likeness (QED) is 0.897. The predicted octanol–water partition coefficient (Wildman–Crippen LogP) is 2.82. The second kappa shape index (κ2) is 5.49. The van der Waals surface area contributed by atoms with E-state index in [1.165, 1.54) is 0 Å². The zero-order chi connectivity index (χ0) is 13.0. The van der Waals surface area contributed by atoms with Crippen LogP contribution < -0.4 is 10.5 Å². The molecule has 0 saturated carbocycles. The molecule has 0 amide bonds. The van der Waals surface area contributed by atoms with Gasteiger partial charge in [-0.2, -0.15) is 0 Å². The molecule has 0 aliphatic rings. The molecule has 0 fully saturated rings. The highest BCUT2D eigenvalue weighted by atomic mass is 16.5. The van der Waals surface area contributed by atoms with Crippen molar-refractivity contribution in [1.82, 2.24) is 9.97 Å². The van der Waals surface area contributed by atoms with Crippen LogP contribution in [0.15, 0.2) is 30.7 Å². The molecule has 0 bridgehead atoms. The Hall–Kier alpha value is -2.10. The maximum absolute atomic E-state index is 5.71. The summed E-state index contributed by atoms with van der Waals surface area (Å²) in [6.45, 7) is 4.71. The van der Waals surface area contributed by atoms with Crippen LogP contribution >= 0.6 is 0 Å². The molecule has 0 aliphatic carbocycles. The van der Waals surface area contributed by atoms with Gasteiger partial charge >= 0.3 is 0 Å². The summed E-state index contributed by atoms with van der Waals surface area (Å²) in [6.07, 6.45) is 6.25. The van der Waals surface area contributed by atoms with E-state index in [-0.39, 0.29) is 0 Å². The van der Waals surface area contributed by atoms with Crippen LogP contribution in [0.1, 0.15) is 18.9 Å². The Labute approximate surface area is 107 Å². The van der Waals surface area contributed by atoms with Gasteiger partial charge in [0.2, 0.25) is 0 Å². The normalized spacial score (nSPS) is 10.3. The third-order valence-corrected chi connectivity index (χ3v) is 2.64. The van der Waals surface area contributed by atoms with Gasteiger partial charge in [0.1, 0.15) is 11.6 Å². The van der Waals surface area contributed by atoms with E-state index in [2.05, 4.69) is 16.9 Å². The molecule has 0 aromatic carbocycles. The molecule has 0 spiro atoms. The summed E-state index contributed by atoms with van der Waals surface area (Å²) in [6, 6.07) is 3.97. The first kappa shape index (κ1) is 12.4. The second-order valence-electron chi connectivity index (χ2n) is 4.18. The topological polar surface area (TPSA) is 61.0 Å². The number of aryl methyl sites for hydroxylation is 1. The number of rotatable bonds is 4. The van der Waals surface area contributed by atoms with E-state index < -0.39 is 0 Å². The average Bonchev–Trinajstić information content (AvgIpc) is 2.40. The molecular weight excluding hydrogens is 226 g/mol. The number of nitrogens with zero attached hydrogens (tertiary/aromatic N) is 2. The Morgan fingerprint density at radius 2 is 1.94 bits per heavy atom. The van der Waals surface area contributed by atoms with E-state index >= 15 is 0 Å². The van der Waals surface area contributed by atoms with Crippen LogP contribution in [0.25, 0.3) is 11.1 Å². The molecule has 4 nitrogen and oxygen atoms in total. The van der Waals surface area contributed by atoms with Crippen molar-refractivity contribution in [2.24, 2.45) is 0 Å². The van der Waals surface area contributed by atoms with Crippen molar-refractivity contribution in [3.05, 3.63) is 36.3 Å². The summed E-state index contributed by atoms with van der Waals surface area (Å²) in [5, 5.41) is 0. The number of nitrogens with two attached hydrogens (primary N) is 1. The summed E-state index contributed by atoms with van der Waals surface area (Å²) < 4.78 is 5.56. The number of aromatic nitrogens is 2. The highest BCUT2D eigenvalue weighted by molar-refractivity contribution is 5.65. The minimum absolute atomic E-state index is 0.560. The van der Waals surface area contributed by atoms with Gasteiger partial charge in [0, 0.05) is 23.5 Å². The van der Waals surface area contributed by atoms with Crippen molar-refractivity contribution >= 4 is 5.82 Å². The molecule has 2 aromatic heterocycles. The maximum Gasteiger partial charge on any atom is 0.138 e. The van der Waals surface area contributed by atoms with E-state index in [0.29, 0.717) is 12.4 Å². The van der Waals surface area contributed by atoms with Crippen molar-refractivity contribution in [3.63, 3.8) is 0 Å². The van der Waals surface area contributed by atoms with Crippen LogP contribution in [0.3, 0.4) is 0 Å². The van der Waals surface area contributed by atoms with E-state index in [9.17, 15) is 0 Å². The van der Waals surface area contributed by atoms with Gasteiger partial charge in [-0.25, -0.2) is 4.98 Å². The standard InChI is InChI=1S/C14H17N3O/c1-3-4-18-13-6-12(7-16-9-13)11-5-10(2)14(15)17-8-11/h5-9H,3-4H2,1-2H3,(H2,15,17). The second-order valence-corrected chi connectivity index (χ2v) is 4.18. The van der Waals surface area contributed by atoms with Crippen LogP contribution in [0, 0.1) is 6.92 Å². The van der Waals surface area contributed by atoms with E-state index in [0.717, 1.165) is 28.9 Å². The molecule has 2 aromatic rings. The fourth-order valence-corrected chi connectivity index (χ4v) is 1.62. The van der Waals surface area contributed by atoms with Crippen LogP contribution in [0.2, 0.25) is 0 Å². The van der Waals surface area contributed by atoms with Gasteiger partial charge in [0.05, 0.1) is 12.8 Å². The molecule has 0 atom stereocenters. The Balaban J connectivity index is 2.29. The molecule has 94 valence electrons. The number of ether oxygens (including phenoxy) is 1. The van der Waals surface area contributed by atoms with Gasteiger partial charge in [-0.3, -0.25) is 4.98 Å². The predicted molar refractivity (Wildman–Crippen MR) is 72.4 cm³/mol. The first-order valence-electron chi connectivity index (χ1n) is 6.01. The van der Waals surface area contributed by atoms with E-state index in [1.54, 1.807) is 18.6 Å². The molecule has 2 N–H and O–H groups in total. The fourth-order valence-electron chi connectivity index (χ4n) is 1.62. The highest BCUT2D eigenvalue weighted by Gasteiger charge is 2.03. The van der Waals surface area contributed by atoms with Crippen LogP contribution in [-0.2, 0) is 0 Å². The zero-order valence-corrected chi connectivity index (χ0v) is 10.7. The van der Waals surface area contributed by atoms with Crippen molar-refractivity contribution in [1.29, 1.82) is 0 Å². The third-order valence-electron chi connectivity index (χ3n) is 2.64. The monoisotopic (exact) mass is 243 g/mol. The average molecular weight is 243 g/mol. The van der Waals surface area contributed by atoms with Gasteiger partial charge in [-0.05, 0) is 31.0 Å². The molecule has 2 rings (SSSR count). The van der Waals surface area contributed by atoms with Gasteiger partial charge in [0.25, 0.3) is 0 Å². The van der Waals surface area contributed by atoms with Gasteiger partial charge in [-0.1, -0.05) is 6.92 Å². The zero-order valence-electron chi connectivity index (χ0n) is 10.7. The molecular formula is C14H17N3O. The summed E-state index contributed by atoms with van der Waals surface area (Å²) in [5.41, 5.74) is 8.66. The number of nitrogen functional groups attached to an aromatic ring is 1. The third kappa shape index (κ3) is 2.77. The lowest BCUT2D eigenvalue weighted by molar-refractivity contribution is 0.316. The fraction of sp³-hybridized carbons (Fsp3) is 0.286. The smallest absolute Gasteiger partial charge is 0.138 e. The van der Waals surface area contributed by atoms with Crippen molar-refractivity contribution in [3.8, 4) is 16.9 Å². The first-order chi connectivity index (χ1) is 8.70. The molecule has 0 saturated heterocycles. The Morgan fingerprint density at radius 1 is 1.17 bits per heavy atom. The summed E-state index contributed by atoms with van der Waals surface area (Å²) in [4.78, 5) is 8.34. The minimum Gasteiger partial charge on any atom is -0.492 e. The Bertz CT molecular complexity index is 540. The maximum atomic E-state index is 5.71. The largest absolute Gasteiger partial charge is 0.492 e. The summed E-state index contributed by atoms with van der Waals surface area (Å²) in [7, 11) is 0. The van der Waals surface area contributed by atoms with Crippen molar-refractivity contribution in [2.75, 3.05) is 12.3 Å². The van der Waals surface area contributed by atoms with Crippen LogP contribution in [0.4, 0.5) is 5.82 Å². The molecule has 2 heterocycles. The van der Waals surface area contributed by atoms with Gasteiger partial charge in [0.15, 0.2) is 0 Å². The van der Waals surface area contributed by atoms with E-state index in [4.69, 9.17) is 10.5 Å². The lowest BCUT2D eigenvalue weighted by Gasteiger charge is -2.07. The SMILES string of the molecule is CCCOc1cncc(-c2cnc(N)c(C)c2)c1. The molecule has 0 radical (unpaired) electrons. The Kier molecular flexibility index (Phi) is 3.77. The molecule has 0 unspecified atom stereocenters. The summed E-state index contributed by atoms with van der Waals surface area (Å²) in [5.74, 6) is 1.34. The van der Waals surface area contributed by atoms with Gasteiger partial charge in [-0.15, -0.1) is 0 Å². The lowest BCUT2D eigenvalue weighted by Crippen LogP contribution is -1.97. The molecule has 4 heteroatoms. The van der Waals surface area contributed by atoms with Crippen molar-refractivity contribution < 1.29 is 4.74 Å². The lowest BCUT2D eigenvalue weighted by atomic mass is 10.1. The first-order valence-corrected chi connectivity index (χ1v) is 6.01. The number of hydrogen-bond donors (Lipinski definition) is 1. The van der Waals surface area contributed by atoms with Crippen LogP contribution in [0.5, 0.6) is 5.75 Å². The van der Waals surface area contributed by atoms with Crippen molar-refractivity contribution in [2.45, 2.75) is 20.3 Å². The minimum atomic E-state index is 0.560. The molecule has 18 heavy (non-hydrogen) atoms. The van der Waals surface area contributed by atoms with Gasteiger partial charge < -0.3 is 10.5 Å². The number of anilines is 1. The van der Waals surface area contributed by atoms with Crippen LogP contribution in [-0.4, -0.2) is 16.6 Å². The Morgan fingerprint density at radius 3 is 2.67 bits per heavy atom. The molecule has 0 aliphatic heterocycles. The number of pyridine rings is 2. The number of hydrogen-bond acceptors (Lipinski definition) is 4. The van der Waals surface area contributed by atoms with E-state index in [1.807, 2.05) is 19.1 Å². The highest BCUT2D eigenvalue weighted by Crippen LogP contribution is 2.24.